The Hall–Kier alpha value is -4.64. The Morgan fingerprint density at radius 3 is 2.52 bits per heavy atom. The Bertz CT molecular complexity index is 1460. The molecule has 1 unspecified atom stereocenters. The monoisotopic (exact) mass is 606 g/mol. The fourth-order valence-corrected chi connectivity index (χ4v) is 4.11. The van der Waals surface area contributed by atoms with Gasteiger partial charge >= 0.3 is 12.2 Å². The predicted octanol–water partition coefficient (Wildman–Crippen LogP) is 5.59. The van der Waals surface area contributed by atoms with Crippen LogP contribution in [-0.4, -0.2) is 54.9 Å². The van der Waals surface area contributed by atoms with E-state index >= 15 is 0 Å². The van der Waals surface area contributed by atoms with Crippen molar-refractivity contribution in [3.63, 3.8) is 0 Å². The molecule has 0 aliphatic heterocycles. The number of carbonyl (C=O) groups excluding carboxylic acids is 3. The summed E-state index contributed by atoms with van der Waals surface area (Å²) in [5.41, 5.74) is 1.24. The topological polar surface area (TPSA) is 119 Å². The van der Waals surface area contributed by atoms with Crippen LogP contribution in [0, 0.1) is 0 Å². The summed E-state index contributed by atoms with van der Waals surface area (Å²) in [5.74, 6) is 0.0182. The third kappa shape index (κ3) is 7.48. The number of benzene rings is 3. The van der Waals surface area contributed by atoms with E-state index in [0.29, 0.717) is 17.1 Å². The number of aromatic nitrogens is 1. The standard InChI is InChI=1S/C29H27BrN4O6/c1-38-22-11-7-10-21(18-22)34(29(37)40-26(19-30)33-27(35)25-13-4-5-15-31-25)16-17-39-28(36)32-24-14-6-9-20-8-2-3-12-23(20)24/h2-15,18,26H,16-17,19H2,1H3,(H,32,36)(H,33,35). The Labute approximate surface area is 239 Å². The minimum absolute atomic E-state index is 0.0296. The molecule has 1 aromatic heterocycles. The maximum absolute atomic E-state index is 13.3. The van der Waals surface area contributed by atoms with Gasteiger partial charge in [-0.2, -0.15) is 0 Å². The molecule has 0 bridgehead atoms. The predicted molar refractivity (Wildman–Crippen MR) is 155 cm³/mol. The van der Waals surface area contributed by atoms with Crippen molar-refractivity contribution >= 4 is 56.2 Å². The molecule has 2 N–H and O–H groups in total. The van der Waals surface area contributed by atoms with Gasteiger partial charge in [0.05, 0.1) is 30.4 Å². The summed E-state index contributed by atoms with van der Waals surface area (Å²) in [7, 11) is 1.51. The van der Waals surface area contributed by atoms with Gasteiger partial charge in [0.2, 0.25) is 0 Å². The highest BCUT2D eigenvalue weighted by molar-refractivity contribution is 9.09. The number of methoxy groups -OCH3 is 1. The Kier molecular flexibility index (Phi) is 9.89. The average Bonchev–Trinajstić information content (AvgIpc) is 2.99. The maximum atomic E-state index is 13.3. The van der Waals surface area contributed by atoms with Crippen molar-refractivity contribution in [1.29, 1.82) is 0 Å². The number of pyridine rings is 1. The highest BCUT2D eigenvalue weighted by Crippen LogP contribution is 2.24. The van der Waals surface area contributed by atoms with E-state index in [1.165, 1.54) is 18.2 Å². The van der Waals surface area contributed by atoms with Gasteiger partial charge in [-0.05, 0) is 35.7 Å². The first-order valence-electron chi connectivity index (χ1n) is 12.3. The lowest BCUT2D eigenvalue weighted by atomic mass is 10.1. The van der Waals surface area contributed by atoms with Gasteiger partial charge in [-0.25, -0.2) is 9.59 Å². The summed E-state index contributed by atoms with van der Waals surface area (Å²) in [6.07, 6.45) is -0.940. The second-order valence-electron chi connectivity index (χ2n) is 8.36. The molecule has 0 aliphatic carbocycles. The summed E-state index contributed by atoms with van der Waals surface area (Å²) in [5, 5.41) is 7.35. The first kappa shape index (κ1) is 28.4. The largest absolute Gasteiger partial charge is 0.497 e. The van der Waals surface area contributed by atoms with Gasteiger partial charge < -0.3 is 19.5 Å². The molecular weight excluding hydrogens is 580 g/mol. The van der Waals surface area contributed by atoms with Crippen molar-refractivity contribution in [3.8, 4) is 5.75 Å². The molecule has 0 saturated heterocycles. The highest BCUT2D eigenvalue weighted by atomic mass is 79.9. The van der Waals surface area contributed by atoms with E-state index in [-0.39, 0.29) is 24.2 Å². The van der Waals surface area contributed by atoms with Crippen LogP contribution in [0.3, 0.4) is 0 Å². The van der Waals surface area contributed by atoms with Crippen molar-refractivity contribution in [3.05, 3.63) is 96.8 Å². The zero-order chi connectivity index (χ0) is 28.3. The third-order valence-electron chi connectivity index (χ3n) is 5.73. The second kappa shape index (κ2) is 13.9. The summed E-state index contributed by atoms with van der Waals surface area (Å²) in [4.78, 5) is 43.6. The van der Waals surface area contributed by atoms with E-state index in [1.54, 1.807) is 48.5 Å². The van der Waals surface area contributed by atoms with Gasteiger partial charge in [0.1, 0.15) is 18.1 Å². The first-order valence-corrected chi connectivity index (χ1v) is 13.4. The number of rotatable bonds is 10. The molecule has 1 heterocycles. The van der Waals surface area contributed by atoms with Crippen molar-refractivity contribution in [1.82, 2.24) is 10.3 Å². The number of ether oxygens (including phenoxy) is 3. The van der Waals surface area contributed by atoms with Crippen LogP contribution >= 0.6 is 15.9 Å². The van der Waals surface area contributed by atoms with E-state index in [0.717, 1.165) is 10.8 Å². The molecule has 0 fully saturated rings. The average molecular weight is 607 g/mol. The summed E-state index contributed by atoms with van der Waals surface area (Å²) < 4.78 is 16.2. The molecule has 4 rings (SSSR count). The third-order valence-corrected chi connectivity index (χ3v) is 6.32. The zero-order valence-corrected chi connectivity index (χ0v) is 23.2. The fraction of sp³-hybridized carbons (Fsp3) is 0.172. The van der Waals surface area contributed by atoms with Crippen LogP contribution in [0.15, 0.2) is 91.1 Å². The van der Waals surface area contributed by atoms with E-state index in [2.05, 4.69) is 31.5 Å². The second-order valence-corrected chi connectivity index (χ2v) is 9.00. The van der Waals surface area contributed by atoms with Gasteiger partial charge in [-0.1, -0.05) is 64.5 Å². The number of nitrogens with zero attached hydrogens (tertiary/aromatic N) is 2. The molecule has 4 aromatic rings. The number of amides is 3. The molecule has 1 atom stereocenters. The Morgan fingerprint density at radius 1 is 0.975 bits per heavy atom. The van der Waals surface area contributed by atoms with Crippen molar-refractivity contribution in [2.24, 2.45) is 0 Å². The number of hydrogen-bond donors (Lipinski definition) is 2. The van der Waals surface area contributed by atoms with Crippen LogP contribution in [0.4, 0.5) is 21.0 Å². The van der Waals surface area contributed by atoms with E-state index in [1.807, 2.05) is 36.4 Å². The quantitative estimate of drug-likeness (QED) is 0.178. The lowest BCUT2D eigenvalue weighted by molar-refractivity contribution is 0.0723. The van der Waals surface area contributed by atoms with E-state index in [4.69, 9.17) is 14.2 Å². The molecule has 0 saturated carbocycles. The van der Waals surface area contributed by atoms with Gasteiger partial charge in [-0.3, -0.25) is 20.0 Å². The van der Waals surface area contributed by atoms with Crippen molar-refractivity contribution in [2.75, 3.05) is 35.8 Å². The first-order chi connectivity index (χ1) is 19.5. The summed E-state index contributed by atoms with van der Waals surface area (Å²) in [6.45, 7) is -0.166. The van der Waals surface area contributed by atoms with Crippen LogP contribution in [0.2, 0.25) is 0 Å². The van der Waals surface area contributed by atoms with Gasteiger partial charge in [0, 0.05) is 17.6 Å². The summed E-state index contributed by atoms with van der Waals surface area (Å²) in [6, 6.07) is 24.9. The van der Waals surface area contributed by atoms with Crippen LogP contribution < -0.4 is 20.3 Å². The Morgan fingerprint density at radius 2 is 1.75 bits per heavy atom. The number of fused-ring (bicyclic) bond motifs is 1. The fourth-order valence-electron chi connectivity index (χ4n) is 3.82. The normalized spacial score (nSPS) is 11.2. The Balaban J connectivity index is 1.42. The van der Waals surface area contributed by atoms with Gasteiger partial charge in [0.25, 0.3) is 5.91 Å². The van der Waals surface area contributed by atoms with Crippen molar-refractivity contribution in [2.45, 2.75) is 6.23 Å². The summed E-state index contributed by atoms with van der Waals surface area (Å²) >= 11 is 3.27. The molecule has 11 heteroatoms. The molecule has 3 aromatic carbocycles. The molecule has 40 heavy (non-hydrogen) atoms. The molecule has 0 radical (unpaired) electrons. The van der Waals surface area contributed by atoms with Crippen LogP contribution in [0.25, 0.3) is 10.8 Å². The lowest BCUT2D eigenvalue weighted by Gasteiger charge is -2.25. The molecule has 0 spiro atoms. The minimum Gasteiger partial charge on any atom is -0.497 e. The number of carbonyl (C=O) groups is 3. The smallest absolute Gasteiger partial charge is 0.416 e. The molecule has 0 aliphatic rings. The number of hydrogen-bond acceptors (Lipinski definition) is 7. The lowest BCUT2D eigenvalue weighted by Crippen LogP contribution is -2.44. The number of alkyl halides is 1. The SMILES string of the molecule is COc1cccc(N(CCOC(=O)Nc2cccc3ccccc23)C(=O)OC(CBr)NC(=O)c2ccccn2)c1. The number of halogens is 1. The van der Waals surface area contributed by atoms with Crippen molar-refractivity contribution < 1.29 is 28.6 Å². The maximum Gasteiger partial charge on any atom is 0.416 e. The molecule has 3 amide bonds. The molecular formula is C29H27BrN4O6. The number of nitrogens with one attached hydrogen (secondary N) is 2. The van der Waals surface area contributed by atoms with E-state index < -0.39 is 24.3 Å². The van der Waals surface area contributed by atoms with Crippen LogP contribution in [-0.2, 0) is 9.47 Å². The minimum atomic E-state index is -0.995. The van der Waals surface area contributed by atoms with E-state index in [9.17, 15) is 14.4 Å². The highest BCUT2D eigenvalue weighted by Gasteiger charge is 2.24. The zero-order valence-electron chi connectivity index (χ0n) is 21.6. The molecule has 10 nitrogen and oxygen atoms in total. The van der Waals surface area contributed by atoms with Gasteiger partial charge in [-0.15, -0.1) is 0 Å². The number of anilines is 2. The van der Waals surface area contributed by atoms with Crippen LogP contribution in [0.1, 0.15) is 10.5 Å². The molecule has 206 valence electrons. The van der Waals surface area contributed by atoms with Gasteiger partial charge in [0.15, 0.2) is 6.23 Å². The van der Waals surface area contributed by atoms with Crippen LogP contribution in [0.5, 0.6) is 5.75 Å².